The zero-order chi connectivity index (χ0) is 22.9. The van der Waals surface area contributed by atoms with E-state index in [9.17, 15) is 19.7 Å². The van der Waals surface area contributed by atoms with Gasteiger partial charge in [0.15, 0.2) is 0 Å². The second kappa shape index (κ2) is 8.35. The molecule has 4 atom stereocenters. The van der Waals surface area contributed by atoms with Gasteiger partial charge in [0.05, 0.1) is 22.4 Å². The summed E-state index contributed by atoms with van der Waals surface area (Å²) < 4.78 is 0. The first-order valence-electron chi connectivity index (χ1n) is 10.7. The first-order valence-corrected chi connectivity index (χ1v) is 10.7. The summed E-state index contributed by atoms with van der Waals surface area (Å²) in [5.74, 6) is -2.17. The van der Waals surface area contributed by atoms with Gasteiger partial charge in [-0.15, -0.1) is 0 Å². The van der Waals surface area contributed by atoms with E-state index in [-0.39, 0.29) is 29.3 Å². The minimum Gasteiger partial charge on any atom is -0.289 e. The number of nitro groups is 1. The second-order valence-electron chi connectivity index (χ2n) is 8.24. The van der Waals surface area contributed by atoms with E-state index in [0.717, 1.165) is 16.1 Å². The van der Waals surface area contributed by atoms with Gasteiger partial charge in [0, 0.05) is 24.0 Å². The number of allylic oxidation sites excluding steroid dienone is 2. The van der Waals surface area contributed by atoms with Gasteiger partial charge in [-0.2, -0.15) is 5.01 Å². The van der Waals surface area contributed by atoms with Gasteiger partial charge in [0.2, 0.25) is 0 Å². The third kappa shape index (κ3) is 3.67. The van der Waals surface area contributed by atoms with Crippen LogP contribution in [0.4, 0.5) is 11.4 Å². The van der Waals surface area contributed by atoms with Crippen molar-refractivity contribution < 1.29 is 14.5 Å². The molecule has 1 heterocycles. The summed E-state index contributed by atoms with van der Waals surface area (Å²) in [6, 6.07) is 25.1. The largest absolute Gasteiger partial charge is 0.289 e. The van der Waals surface area contributed by atoms with E-state index in [1.54, 1.807) is 0 Å². The van der Waals surface area contributed by atoms with Crippen LogP contribution in [-0.2, 0) is 9.59 Å². The molecule has 0 bridgehead atoms. The van der Waals surface area contributed by atoms with Crippen LogP contribution in [0.5, 0.6) is 0 Å². The summed E-state index contributed by atoms with van der Waals surface area (Å²) in [6.45, 7) is 0. The van der Waals surface area contributed by atoms with Crippen LogP contribution in [0, 0.1) is 22.0 Å². The standard InChI is InChI=1S/C26H21N3O4/c30-25-23-21(17-7-3-1-4-8-17)15-16-22(18-9-5-2-6-10-18)24(23)26(31)28(25)27-19-11-13-20(14-12-19)29(32)33/h1-16,21-24,27H/t21-,22-,23-,24-/m1/s1. The number of hydrogen-bond donors (Lipinski definition) is 1. The Morgan fingerprint density at radius 3 is 1.58 bits per heavy atom. The van der Waals surface area contributed by atoms with Gasteiger partial charge in [-0.25, -0.2) is 0 Å². The molecular formula is C26H21N3O4. The Morgan fingerprint density at radius 1 is 0.697 bits per heavy atom. The summed E-state index contributed by atoms with van der Waals surface area (Å²) in [4.78, 5) is 37.6. The van der Waals surface area contributed by atoms with E-state index in [1.165, 1.54) is 24.3 Å². The van der Waals surface area contributed by atoms with Crippen LogP contribution >= 0.6 is 0 Å². The van der Waals surface area contributed by atoms with Gasteiger partial charge in [-0.1, -0.05) is 72.8 Å². The SMILES string of the molecule is O=C1[C@H]2[C@H](C(=O)N1Nc1ccc([N+](=O)[O-])cc1)[C@@H](c1ccccc1)C=C[C@@H]2c1ccccc1. The van der Waals surface area contributed by atoms with Gasteiger partial charge in [-0.05, 0) is 23.3 Å². The Bertz CT molecular complexity index is 1160. The minimum absolute atomic E-state index is 0.0641. The highest BCUT2D eigenvalue weighted by molar-refractivity contribution is 6.07. The molecule has 2 aliphatic rings. The highest BCUT2D eigenvalue weighted by Crippen LogP contribution is 2.49. The van der Waals surface area contributed by atoms with Crippen LogP contribution in [0.15, 0.2) is 97.1 Å². The van der Waals surface area contributed by atoms with Crippen molar-refractivity contribution >= 4 is 23.2 Å². The molecule has 2 amide bonds. The molecule has 3 aromatic carbocycles. The number of nitrogens with zero attached hydrogens (tertiary/aromatic N) is 2. The smallest absolute Gasteiger partial charge is 0.269 e. The fourth-order valence-corrected chi connectivity index (χ4v) is 4.83. The maximum absolute atomic E-state index is 13.6. The highest BCUT2D eigenvalue weighted by atomic mass is 16.6. The van der Waals surface area contributed by atoms with Gasteiger partial charge in [-0.3, -0.25) is 25.1 Å². The summed E-state index contributed by atoms with van der Waals surface area (Å²) >= 11 is 0. The number of hydrogen-bond acceptors (Lipinski definition) is 5. The number of nitrogens with one attached hydrogen (secondary N) is 1. The molecule has 1 aliphatic carbocycles. The maximum atomic E-state index is 13.6. The fourth-order valence-electron chi connectivity index (χ4n) is 4.83. The number of hydrazine groups is 1. The zero-order valence-electron chi connectivity index (χ0n) is 17.6. The van der Waals surface area contributed by atoms with E-state index >= 15 is 0 Å². The fraction of sp³-hybridized carbons (Fsp3) is 0.154. The van der Waals surface area contributed by atoms with Crippen LogP contribution in [-0.4, -0.2) is 21.7 Å². The molecule has 0 unspecified atom stereocenters. The first kappa shape index (κ1) is 20.6. The van der Waals surface area contributed by atoms with Crippen LogP contribution in [0.1, 0.15) is 23.0 Å². The Balaban J connectivity index is 1.52. The van der Waals surface area contributed by atoms with Crippen molar-refractivity contribution in [3.63, 3.8) is 0 Å². The van der Waals surface area contributed by atoms with Gasteiger partial charge < -0.3 is 0 Å². The van der Waals surface area contributed by atoms with E-state index in [0.29, 0.717) is 5.69 Å². The molecule has 0 radical (unpaired) electrons. The zero-order valence-corrected chi connectivity index (χ0v) is 17.6. The molecule has 5 rings (SSSR count). The van der Waals surface area contributed by atoms with Gasteiger partial charge >= 0.3 is 0 Å². The molecule has 3 aromatic rings. The Hall–Kier alpha value is -4.26. The van der Waals surface area contributed by atoms with Crippen molar-refractivity contribution in [3.8, 4) is 0 Å². The van der Waals surface area contributed by atoms with Crippen LogP contribution in [0.25, 0.3) is 0 Å². The number of amides is 2. The number of carbonyl (C=O) groups is 2. The van der Waals surface area contributed by atoms with Crippen molar-refractivity contribution in [1.82, 2.24) is 5.01 Å². The Morgan fingerprint density at radius 2 is 1.15 bits per heavy atom. The first-order chi connectivity index (χ1) is 16.0. The van der Waals surface area contributed by atoms with Crippen molar-refractivity contribution in [2.75, 3.05) is 5.43 Å². The molecule has 164 valence electrons. The molecule has 33 heavy (non-hydrogen) atoms. The van der Waals surface area contributed by atoms with Crippen LogP contribution in [0.2, 0.25) is 0 Å². The van der Waals surface area contributed by atoms with Crippen LogP contribution in [0.3, 0.4) is 0 Å². The summed E-state index contributed by atoms with van der Waals surface area (Å²) in [6.07, 6.45) is 4.07. The summed E-state index contributed by atoms with van der Waals surface area (Å²) in [7, 11) is 0. The van der Waals surface area contributed by atoms with Crippen molar-refractivity contribution in [3.05, 3.63) is 118 Å². The molecule has 0 saturated carbocycles. The van der Waals surface area contributed by atoms with Gasteiger partial charge in [0.25, 0.3) is 17.5 Å². The van der Waals surface area contributed by atoms with E-state index in [2.05, 4.69) is 5.43 Å². The predicted molar refractivity (Wildman–Crippen MR) is 123 cm³/mol. The quantitative estimate of drug-likeness (QED) is 0.270. The second-order valence-corrected chi connectivity index (χ2v) is 8.24. The molecule has 0 spiro atoms. The lowest BCUT2D eigenvalue weighted by atomic mass is 9.68. The lowest BCUT2D eigenvalue weighted by molar-refractivity contribution is -0.384. The van der Waals surface area contributed by atoms with Crippen molar-refractivity contribution in [1.29, 1.82) is 0 Å². The normalized spacial score (nSPS) is 23.9. The monoisotopic (exact) mass is 439 g/mol. The number of nitro benzene ring substituents is 1. The number of carbonyl (C=O) groups excluding carboxylic acids is 2. The van der Waals surface area contributed by atoms with Crippen molar-refractivity contribution in [2.24, 2.45) is 11.8 Å². The van der Waals surface area contributed by atoms with Crippen molar-refractivity contribution in [2.45, 2.75) is 11.8 Å². The Labute approximate surface area is 190 Å². The molecule has 1 N–H and O–H groups in total. The number of fused-ring (bicyclic) bond motifs is 1. The average Bonchev–Trinajstić information content (AvgIpc) is 3.10. The molecule has 7 heteroatoms. The molecule has 7 nitrogen and oxygen atoms in total. The van der Waals surface area contributed by atoms with E-state index < -0.39 is 16.8 Å². The average molecular weight is 439 g/mol. The lowest BCUT2D eigenvalue weighted by Crippen LogP contribution is -2.37. The lowest BCUT2D eigenvalue weighted by Gasteiger charge is -2.32. The molecular weight excluding hydrogens is 418 g/mol. The number of imide groups is 1. The maximum Gasteiger partial charge on any atom is 0.269 e. The number of anilines is 1. The topological polar surface area (TPSA) is 92.6 Å². The number of benzene rings is 3. The van der Waals surface area contributed by atoms with Crippen LogP contribution < -0.4 is 5.43 Å². The Kier molecular flexibility index (Phi) is 5.22. The number of non-ortho nitro benzene ring substituents is 1. The summed E-state index contributed by atoms with van der Waals surface area (Å²) in [5, 5.41) is 12.0. The molecule has 0 aromatic heterocycles. The molecule has 1 aliphatic heterocycles. The highest BCUT2D eigenvalue weighted by Gasteiger charge is 2.55. The van der Waals surface area contributed by atoms with E-state index in [4.69, 9.17) is 0 Å². The predicted octanol–water partition coefficient (Wildman–Crippen LogP) is 4.66. The molecule has 1 saturated heterocycles. The molecule has 1 fully saturated rings. The third-order valence-electron chi connectivity index (χ3n) is 6.39. The third-order valence-corrected chi connectivity index (χ3v) is 6.39. The minimum atomic E-state index is -0.555. The summed E-state index contributed by atoms with van der Waals surface area (Å²) in [5.41, 5.74) is 5.22. The van der Waals surface area contributed by atoms with Gasteiger partial charge in [0.1, 0.15) is 0 Å². The number of rotatable bonds is 5. The van der Waals surface area contributed by atoms with E-state index in [1.807, 2.05) is 72.8 Å².